The van der Waals surface area contributed by atoms with Crippen molar-refractivity contribution in [2.75, 3.05) is 0 Å². The highest BCUT2D eigenvalue weighted by Crippen LogP contribution is 2.43. The van der Waals surface area contributed by atoms with Gasteiger partial charge in [-0.3, -0.25) is 0 Å². The Morgan fingerprint density at radius 2 is 0.957 bits per heavy atom. The number of nitrogens with zero attached hydrogens (tertiary/aromatic N) is 1. The van der Waals surface area contributed by atoms with Crippen molar-refractivity contribution >= 4 is 0 Å². The molecule has 0 spiro atoms. The second-order valence-corrected chi connectivity index (χ2v) is 5.69. The molecule has 23 heavy (non-hydrogen) atoms. The van der Waals surface area contributed by atoms with Gasteiger partial charge in [0.2, 0.25) is 0 Å². The summed E-state index contributed by atoms with van der Waals surface area (Å²) in [6, 6.07) is 30.0. The number of rotatable bonds is 5. The highest BCUT2D eigenvalue weighted by atomic mass is 16.3. The summed E-state index contributed by atoms with van der Waals surface area (Å²) >= 11 is 0. The topological polar surface area (TPSA) is 29.4 Å². The smallest absolute Gasteiger partial charge is 0.107 e. The Labute approximate surface area is 136 Å². The predicted octanol–water partition coefficient (Wildman–Crippen LogP) is 5.18. The summed E-state index contributed by atoms with van der Waals surface area (Å²) in [5, 5.41) is 3.44. The lowest BCUT2D eigenvalue weighted by Gasteiger charge is -2.37. The number of nitroso groups, excluding NO2 is 1. The van der Waals surface area contributed by atoms with Crippen molar-refractivity contribution in [3.8, 4) is 0 Å². The van der Waals surface area contributed by atoms with Gasteiger partial charge in [0.1, 0.15) is 6.04 Å². The molecule has 1 atom stereocenters. The molecule has 0 aliphatic rings. The van der Waals surface area contributed by atoms with Crippen molar-refractivity contribution in [3.63, 3.8) is 0 Å². The van der Waals surface area contributed by atoms with Crippen LogP contribution in [0, 0.1) is 4.91 Å². The zero-order valence-corrected chi connectivity index (χ0v) is 13.1. The predicted molar refractivity (Wildman–Crippen MR) is 94.5 cm³/mol. The average Bonchev–Trinajstić information content (AvgIpc) is 2.65. The van der Waals surface area contributed by atoms with E-state index in [9.17, 15) is 4.91 Å². The molecule has 3 aromatic carbocycles. The van der Waals surface area contributed by atoms with Crippen molar-refractivity contribution in [2.24, 2.45) is 5.18 Å². The Hall–Kier alpha value is -2.74. The van der Waals surface area contributed by atoms with Gasteiger partial charge in [-0.2, -0.15) is 4.91 Å². The molecule has 0 fully saturated rings. The fourth-order valence-electron chi connectivity index (χ4n) is 3.41. The van der Waals surface area contributed by atoms with Crippen molar-refractivity contribution in [1.29, 1.82) is 0 Å². The molecule has 0 saturated carbocycles. The third-order valence-corrected chi connectivity index (χ3v) is 4.47. The summed E-state index contributed by atoms with van der Waals surface area (Å²) in [5.41, 5.74) is 2.63. The summed E-state index contributed by atoms with van der Waals surface area (Å²) in [5.74, 6) is 0. The molecule has 0 aliphatic carbocycles. The van der Waals surface area contributed by atoms with Gasteiger partial charge in [-0.25, -0.2) is 0 Å². The molecule has 0 heterocycles. The van der Waals surface area contributed by atoms with Crippen LogP contribution in [0.25, 0.3) is 0 Å². The van der Waals surface area contributed by atoms with Gasteiger partial charge in [-0.1, -0.05) is 96.2 Å². The van der Waals surface area contributed by atoms with Crippen molar-refractivity contribution in [1.82, 2.24) is 0 Å². The van der Waals surface area contributed by atoms with Crippen LogP contribution in [0.1, 0.15) is 23.6 Å². The minimum absolute atomic E-state index is 0.435. The Morgan fingerprint density at radius 1 is 0.652 bits per heavy atom. The van der Waals surface area contributed by atoms with Crippen LogP contribution in [0.2, 0.25) is 0 Å². The van der Waals surface area contributed by atoms with Gasteiger partial charge in [0, 0.05) is 0 Å². The highest BCUT2D eigenvalue weighted by Gasteiger charge is 2.42. The maximum atomic E-state index is 11.6. The molecule has 2 heteroatoms. The monoisotopic (exact) mass is 301 g/mol. The van der Waals surface area contributed by atoms with Crippen LogP contribution in [0.3, 0.4) is 0 Å². The molecule has 0 radical (unpaired) electrons. The lowest BCUT2D eigenvalue weighted by atomic mass is 9.65. The first-order valence-corrected chi connectivity index (χ1v) is 7.79. The molecule has 3 rings (SSSR count). The van der Waals surface area contributed by atoms with Gasteiger partial charge in [-0.15, -0.1) is 0 Å². The highest BCUT2D eigenvalue weighted by molar-refractivity contribution is 5.52. The van der Waals surface area contributed by atoms with E-state index in [1.165, 1.54) is 0 Å². The van der Waals surface area contributed by atoms with Crippen LogP contribution in [-0.2, 0) is 5.41 Å². The largest absolute Gasteiger partial charge is 0.150 e. The van der Waals surface area contributed by atoms with Crippen LogP contribution in [0.5, 0.6) is 0 Å². The van der Waals surface area contributed by atoms with Crippen LogP contribution in [0.4, 0.5) is 0 Å². The van der Waals surface area contributed by atoms with E-state index in [0.29, 0.717) is 0 Å². The standard InChI is InChI=1S/C21H19NO/c1-17(22-23)21(18-11-5-2-6-12-18,19-13-7-3-8-14-19)20-15-9-4-10-16-20/h2-17H,1H3. The Balaban J connectivity index is 2.38. The first-order valence-electron chi connectivity index (χ1n) is 7.79. The van der Waals surface area contributed by atoms with E-state index < -0.39 is 11.5 Å². The second kappa shape index (κ2) is 6.57. The van der Waals surface area contributed by atoms with Crippen LogP contribution < -0.4 is 0 Å². The third kappa shape index (κ3) is 2.57. The Morgan fingerprint density at radius 3 is 1.22 bits per heavy atom. The van der Waals surface area contributed by atoms with E-state index in [1.807, 2.05) is 61.5 Å². The van der Waals surface area contributed by atoms with Crippen LogP contribution in [-0.4, -0.2) is 6.04 Å². The molecule has 3 aromatic rings. The number of benzene rings is 3. The van der Waals surface area contributed by atoms with E-state index in [2.05, 4.69) is 41.6 Å². The molecule has 2 nitrogen and oxygen atoms in total. The Kier molecular flexibility index (Phi) is 4.33. The summed E-state index contributed by atoms with van der Waals surface area (Å²) in [6.45, 7) is 1.89. The Bertz CT molecular complexity index is 657. The van der Waals surface area contributed by atoms with Crippen LogP contribution in [0.15, 0.2) is 96.2 Å². The minimum atomic E-state index is -0.592. The second-order valence-electron chi connectivity index (χ2n) is 5.69. The van der Waals surface area contributed by atoms with Gasteiger partial charge < -0.3 is 0 Å². The van der Waals surface area contributed by atoms with Gasteiger partial charge >= 0.3 is 0 Å². The normalized spacial score (nSPS) is 12.6. The zero-order valence-electron chi connectivity index (χ0n) is 13.1. The van der Waals surface area contributed by atoms with E-state index in [4.69, 9.17) is 0 Å². The zero-order chi connectivity index (χ0) is 16.1. The molecular weight excluding hydrogens is 282 g/mol. The fraction of sp³-hybridized carbons (Fsp3) is 0.143. The molecule has 0 saturated heterocycles. The van der Waals surface area contributed by atoms with Crippen molar-refractivity contribution < 1.29 is 0 Å². The van der Waals surface area contributed by atoms with Gasteiger partial charge in [0.25, 0.3) is 0 Å². The molecule has 0 amide bonds. The fourth-order valence-corrected chi connectivity index (χ4v) is 3.41. The first kappa shape index (κ1) is 15.2. The molecule has 1 unspecified atom stereocenters. The van der Waals surface area contributed by atoms with Crippen molar-refractivity contribution in [3.05, 3.63) is 113 Å². The molecule has 0 N–H and O–H groups in total. The quantitative estimate of drug-likeness (QED) is 0.472. The summed E-state index contributed by atoms with van der Waals surface area (Å²) in [7, 11) is 0. The summed E-state index contributed by atoms with van der Waals surface area (Å²) in [6.07, 6.45) is 0. The van der Waals surface area contributed by atoms with Gasteiger partial charge in [0.05, 0.1) is 5.41 Å². The lowest BCUT2D eigenvalue weighted by Crippen LogP contribution is -2.39. The van der Waals surface area contributed by atoms with Crippen LogP contribution >= 0.6 is 0 Å². The maximum Gasteiger partial charge on any atom is 0.107 e. The first-order chi connectivity index (χ1) is 11.3. The minimum Gasteiger partial charge on any atom is -0.150 e. The molecule has 0 aliphatic heterocycles. The van der Waals surface area contributed by atoms with Gasteiger partial charge in [-0.05, 0) is 23.6 Å². The van der Waals surface area contributed by atoms with E-state index in [0.717, 1.165) is 16.7 Å². The van der Waals surface area contributed by atoms with Gasteiger partial charge in [0.15, 0.2) is 0 Å². The molecule has 0 aromatic heterocycles. The van der Waals surface area contributed by atoms with E-state index in [-0.39, 0.29) is 0 Å². The van der Waals surface area contributed by atoms with E-state index >= 15 is 0 Å². The maximum absolute atomic E-state index is 11.6. The molecule has 114 valence electrons. The third-order valence-electron chi connectivity index (χ3n) is 4.47. The number of hydrogen-bond acceptors (Lipinski definition) is 2. The lowest BCUT2D eigenvalue weighted by molar-refractivity contribution is 0.505. The SMILES string of the molecule is CC(N=O)C(c1ccccc1)(c1ccccc1)c1ccccc1. The summed E-state index contributed by atoms with van der Waals surface area (Å²) < 4.78 is 0. The van der Waals surface area contributed by atoms with E-state index in [1.54, 1.807) is 0 Å². The number of hydrogen-bond donors (Lipinski definition) is 0. The summed E-state index contributed by atoms with van der Waals surface area (Å²) in [4.78, 5) is 11.6. The van der Waals surface area contributed by atoms with Crippen molar-refractivity contribution in [2.45, 2.75) is 18.4 Å². The average molecular weight is 301 g/mol. The molecule has 0 bridgehead atoms. The molecular formula is C21H19NO.